The van der Waals surface area contributed by atoms with Gasteiger partial charge in [0.25, 0.3) is 5.91 Å². The molecule has 1 fully saturated rings. The first-order valence-electron chi connectivity index (χ1n) is 12.5. The number of carbonyl (C=O) groups excluding carboxylic acids is 2. The van der Waals surface area contributed by atoms with Crippen molar-refractivity contribution in [2.24, 2.45) is 5.41 Å². The first-order chi connectivity index (χ1) is 16.6. The Bertz CT molecular complexity index is 1290. The van der Waals surface area contributed by atoms with E-state index in [0.29, 0.717) is 25.1 Å². The van der Waals surface area contributed by atoms with E-state index in [0.717, 1.165) is 35.6 Å². The van der Waals surface area contributed by atoms with Gasteiger partial charge >= 0.3 is 0 Å². The molecule has 1 saturated heterocycles. The van der Waals surface area contributed by atoms with Crippen molar-refractivity contribution in [2.45, 2.75) is 53.5 Å². The van der Waals surface area contributed by atoms with Gasteiger partial charge in [0.1, 0.15) is 0 Å². The van der Waals surface area contributed by atoms with Crippen LogP contribution in [0.1, 0.15) is 64.9 Å². The highest BCUT2D eigenvalue weighted by molar-refractivity contribution is 6.00. The van der Waals surface area contributed by atoms with Crippen LogP contribution >= 0.6 is 0 Å². The van der Waals surface area contributed by atoms with Crippen LogP contribution in [-0.4, -0.2) is 52.0 Å². The summed E-state index contributed by atoms with van der Waals surface area (Å²) in [5, 5.41) is 4.69. The number of nitrogens with zero attached hydrogens (tertiary/aromatic N) is 4. The molecule has 182 valence electrons. The van der Waals surface area contributed by atoms with E-state index in [2.05, 4.69) is 56.9 Å². The quantitative estimate of drug-likeness (QED) is 0.541. The number of anilines is 1. The van der Waals surface area contributed by atoms with E-state index < -0.39 is 0 Å². The van der Waals surface area contributed by atoms with Crippen molar-refractivity contribution < 1.29 is 9.59 Å². The summed E-state index contributed by atoms with van der Waals surface area (Å²) in [4.78, 5) is 30.4. The molecule has 2 heterocycles. The molecule has 0 N–H and O–H groups in total. The Labute approximate surface area is 207 Å². The highest BCUT2D eigenvalue weighted by atomic mass is 16.2. The lowest BCUT2D eigenvalue weighted by Gasteiger charge is -2.41. The molecule has 2 aliphatic rings. The number of fused-ring (bicyclic) bond motifs is 1. The van der Waals surface area contributed by atoms with Crippen molar-refractivity contribution in [2.75, 3.05) is 24.5 Å². The van der Waals surface area contributed by atoms with Crippen molar-refractivity contribution in [3.8, 4) is 5.69 Å². The van der Waals surface area contributed by atoms with Gasteiger partial charge in [-0.1, -0.05) is 26.0 Å². The Morgan fingerprint density at radius 1 is 1.00 bits per heavy atom. The molecular weight excluding hydrogens is 436 g/mol. The third-order valence-corrected chi connectivity index (χ3v) is 7.33. The number of amides is 1. The Morgan fingerprint density at radius 2 is 1.74 bits per heavy atom. The minimum absolute atomic E-state index is 0.0577. The zero-order valence-corrected chi connectivity index (χ0v) is 21.3. The molecular formula is C29H34N4O2. The third kappa shape index (κ3) is 4.38. The number of piperazine rings is 1. The number of carbonyl (C=O) groups is 2. The Kier molecular flexibility index (Phi) is 5.78. The van der Waals surface area contributed by atoms with Gasteiger partial charge < -0.3 is 9.80 Å². The molecule has 0 spiro atoms. The zero-order valence-electron chi connectivity index (χ0n) is 21.3. The van der Waals surface area contributed by atoms with Crippen molar-refractivity contribution >= 4 is 17.4 Å². The van der Waals surface area contributed by atoms with Gasteiger partial charge in [-0.05, 0) is 74.6 Å². The summed E-state index contributed by atoms with van der Waals surface area (Å²) in [6, 6.07) is 16.4. The summed E-state index contributed by atoms with van der Waals surface area (Å²) in [7, 11) is 0. The van der Waals surface area contributed by atoms with E-state index in [9.17, 15) is 9.59 Å². The van der Waals surface area contributed by atoms with Gasteiger partial charge in [0.15, 0.2) is 5.78 Å². The SMILES string of the molecule is Cc1cccc(N2CCN(C(=O)c3ccc(-n4nc(C)c5c4CC(C)(C)CC5=O)cc3)CC2C)c1. The van der Waals surface area contributed by atoms with Crippen LogP contribution in [-0.2, 0) is 6.42 Å². The molecule has 6 nitrogen and oxygen atoms in total. The average molecular weight is 471 g/mol. The zero-order chi connectivity index (χ0) is 24.9. The van der Waals surface area contributed by atoms with Gasteiger partial charge in [0, 0.05) is 43.3 Å². The van der Waals surface area contributed by atoms with Crippen LogP contribution < -0.4 is 4.90 Å². The van der Waals surface area contributed by atoms with Crippen LogP contribution in [0.5, 0.6) is 0 Å². The van der Waals surface area contributed by atoms with E-state index in [1.54, 1.807) is 0 Å². The van der Waals surface area contributed by atoms with E-state index in [1.165, 1.54) is 11.3 Å². The van der Waals surface area contributed by atoms with Gasteiger partial charge in [0.05, 0.1) is 22.6 Å². The minimum Gasteiger partial charge on any atom is -0.365 e. The topological polar surface area (TPSA) is 58.4 Å². The van der Waals surface area contributed by atoms with E-state index in [-0.39, 0.29) is 23.1 Å². The lowest BCUT2D eigenvalue weighted by molar-refractivity contribution is 0.0726. The normalized spacial score (nSPS) is 19.6. The molecule has 0 bridgehead atoms. The largest absolute Gasteiger partial charge is 0.365 e. The number of hydrogen-bond donors (Lipinski definition) is 0. The molecule has 1 atom stereocenters. The van der Waals surface area contributed by atoms with Gasteiger partial charge in [-0.15, -0.1) is 0 Å². The number of hydrogen-bond acceptors (Lipinski definition) is 4. The summed E-state index contributed by atoms with van der Waals surface area (Å²) in [6.45, 7) is 12.6. The Balaban J connectivity index is 1.33. The molecule has 2 aromatic carbocycles. The first kappa shape index (κ1) is 23.3. The fraction of sp³-hybridized carbons (Fsp3) is 0.414. The Morgan fingerprint density at radius 3 is 2.43 bits per heavy atom. The molecule has 1 amide bonds. The van der Waals surface area contributed by atoms with E-state index in [4.69, 9.17) is 5.10 Å². The summed E-state index contributed by atoms with van der Waals surface area (Å²) < 4.78 is 1.89. The number of ketones is 1. The van der Waals surface area contributed by atoms with Crippen molar-refractivity contribution in [3.63, 3.8) is 0 Å². The second kappa shape index (κ2) is 8.67. The fourth-order valence-electron chi connectivity index (χ4n) is 5.61. The molecule has 1 unspecified atom stereocenters. The maximum Gasteiger partial charge on any atom is 0.253 e. The molecule has 0 saturated carbocycles. The minimum atomic E-state index is -0.0818. The maximum atomic E-state index is 13.3. The molecule has 6 heteroatoms. The Hall–Kier alpha value is -3.41. The highest BCUT2D eigenvalue weighted by Gasteiger charge is 2.36. The number of benzene rings is 2. The molecule has 5 rings (SSSR count). The van der Waals surface area contributed by atoms with Crippen LogP contribution in [0.15, 0.2) is 48.5 Å². The van der Waals surface area contributed by atoms with Crippen LogP contribution in [0, 0.1) is 19.3 Å². The molecule has 1 aromatic heterocycles. The maximum absolute atomic E-state index is 13.3. The summed E-state index contributed by atoms with van der Waals surface area (Å²) >= 11 is 0. The number of aryl methyl sites for hydroxylation is 2. The van der Waals surface area contributed by atoms with Crippen LogP contribution in [0.2, 0.25) is 0 Å². The van der Waals surface area contributed by atoms with Gasteiger partial charge in [-0.2, -0.15) is 5.10 Å². The molecule has 3 aromatic rings. The van der Waals surface area contributed by atoms with Crippen LogP contribution in [0.25, 0.3) is 5.69 Å². The third-order valence-electron chi connectivity index (χ3n) is 7.33. The van der Waals surface area contributed by atoms with E-state index in [1.807, 2.05) is 40.8 Å². The summed E-state index contributed by atoms with van der Waals surface area (Å²) in [5.74, 6) is 0.230. The number of rotatable bonds is 3. The number of Topliss-reactive ketones (excluding diaryl/α,β-unsaturated/α-hetero) is 1. The second-order valence-electron chi connectivity index (χ2n) is 10.9. The van der Waals surface area contributed by atoms with Crippen molar-refractivity contribution in [1.82, 2.24) is 14.7 Å². The summed E-state index contributed by atoms with van der Waals surface area (Å²) in [6.07, 6.45) is 1.36. The smallest absolute Gasteiger partial charge is 0.253 e. The van der Waals surface area contributed by atoms with Crippen LogP contribution in [0.3, 0.4) is 0 Å². The number of aromatic nitrogens is 2. The molecule has 1 aliphatic carbocycles. The first-order valence-corrected chi connectivity index (χ1v) is 12.5. The predicted octanol–water partition coefficient (Wildman–Crippen LogP) is 5.00. The fourth-order valence-corrected chi connectivity index (χ4v) is 5.61. The lowest BCUT2D eigenvalue weighted by atomic mass is 9.75. The monoisotopic (exact) mass is 470 g/mol. The van der Waals surface area contributed by atoms with E-state index >= 15 is 0 Å². The van der Waals surface area contributed by atoms with Crippen LogP contribution in [0.4, 0.5) is 5.69 Å². The summed E-state index contributed by atoms with van der Waals surface area (Å²) in [5.41, 5.74) is 6.47. The second-order valence-corrected chi connectivity index (χ2v) is 10.9. The molecule has 1 aliphatic heterocycles. The lowest BCUT2D eigenvalue weighted by Crippen LogP contribution is -2.53. The molecule has 35 heavy (non-hydrogen) atoms. The van der Waals surface area contributed by atoms with Gasteiger partial charge in [0.2, 0.25) is 0 Å². The van der Waals surface area contributed by atoms with Crippen molar-refractivity contribution in [1.29, 1.82) is 0 Å². The highest BCUT2D eigenvalue weighted by Crippen LogP contribution is 2.37. The van der Waals surface area contributed by atoms with Gasteiger partial charge in [-0.3, -0.25) is 9.59 Å². The standard InChI is InChI=1S/C29H34N4O2/c1-19-7-6-8-24(15-19)32-14-13-31(18-20(32)2)28(35)22-9-11-23(12-10-22)33-25-16-29(4,5)17-26(34)27(25)21(3)30-33/h6-12,15,20H,13-14,16-18H2,1-5H3. The predicted molar refractivity (Wildman–Crippen MR) is 139 cm³/mol. The molecule has 0 radical (unpaired) electrons. The van der Waals surface area contributed by atoms with Crippen molar-refractivity contribution in [3.05, 3.63) is 76.6 Å². The average Bonchev–Trinajstić information content (AvgIpc) is 3.13. The van der Waals surface area contributed by atoms with Gasteiger partial charge in [-0.25, -0.2) is 4.68 Å².